The van der Waals surface area contributed by atoms with Crippen molar-refractivity contribution in [2.75, 3.05) is 63.9 Å². The van der Waals surface area contributed by atoms with Crippen LogP contribution in [0.3, 0.4) is 0 Å². The second-order valence-electron chi connectivity index (χ2n) is 26.9. The van der Waals surface area contributed by atoms with Gasteiger partial charge in [0.1, 0.15) is 60.1 Å². The Hall–Kier alpha value is -8.24. The van der Waals surface area contributed by atoms with Gasteiger partial charge >= 0.3 is 5.97 Å². The molecular weight excluding hydrogens is 1770 g/mol. The Bertz CT molecular complexity index is 3740. The number of carboxylic acid groups (broad SMARTS) is 1. The van der Waals surface area contributed by atoms with E-state index in [1.54, 1.807) is 49.1 Å². The number of aromatic amines is 2. The zero-order chi connectivity index (χ0) is 79.7. The first-order chi connectivity index (χ1) is 51.9. The van der Waals surface area contributed by atoms with Crippen LogP contribution >= 0.6 is 21.6 Å². The van der Waals surface area contributed by atoms with Gasteiger partial charge in [-0.25, -0.2) is 9.97 Å². The number of phenolic OH excluding ortho intramolecular Hbond substituents is 1. The van der Waals surface area contributed by atoms with E-state index in [2.05, 4.69) is 103 Å². The summed E-state index contributed by atoms with van der Waals surface area (Å²) in [5, 5.41) is 54.4. The number of carbonyl (C=O) groups is 15. The number of hydrogen-bond acceptors (Lipinski definition) is 21. The minimum atomic E-state index is -1.88. The number of amides is 14. The van der Waals surface area contributed by atoms with Crippen molar-refractivity contribution in [1.82, 2.24) is 98.9 Å². The Labute approximate surface area is 714 Å². The summed E-state index contributed by atoms with van der Waals surface area (Å²) in [6.07, 6.45) is 4.54. The molecule has 11 atom stereocenters. The number of benzene rings is 2. The van der Waals surface area contributed by atoms with Crippen LogP contribution < -0.4 is 69.1 Å². The number of hydrogen-bond donors (Lipinski definition) is 17. The number of fused-ring (bicyclic) bond motifs is 1. The predicted octanol–water partition coefficient (Wildman–Crippen LogP) is -3.12. The fraction of sp³-hybridized carbons (Fsp3) is 0.507. The molecular formula is C71H99Gd2N19O17S2-2. The van der Waals surface area contributed by atoms with Crippen molar-refractivity contribution in [2.24, 2.45) is 11.8 Å². The number of aromatic nitrogens is 4. The van der Waals surface area contributed by atoms with Crippen molar-refractivity contribution in [3.8, 4) is 5.75 Å². The van der Waals surface area contributed by atoms with E-state index >= 15 is 9.59 Å². The van der Waals surface area contributed by atoms with Gasteiger partial charge in [-0.05, 0) is 61.3 Å². The number of carbonyl (C=O) groups excluding carboxylic acids is 14. The fourth-order valence-corrected chi connectivity index (χ4v) is 13.9. The van der Waals surface area contributed by atoms with E-state index in [4.69, 9.17) is 0 Å². The fourth-order valence-electron chi connectivity index (χ4n) is 11.6. The number of imidazole rings is 2. The predicted molar refractivity (Wildman–Crippen MR) is 400 cm³/mol. The molecule has 4 heterocycles. The third-order valence-corrected chi connectivity index (χ3v) is 20.2. The molecule has 2 aliphatic rings. The molecule has 610 valence electrons. The molecule has 6 rings (SSSR count). The van der Waals surface area contributed by atoms with Gasteiger partial charge in [0.25, 0.3) is 0 Å². The average Bonchev–Trinajstić information content (AvgIpc) is 1.74. The van der Waals surface area contributed by atoms with Crippen LogP contribution in [-0.4, -0.2) is 253 Å². The van der Waals surface area contributed by atoms with Crippen LogP contribution in [0.15, 0.2) is 79.6 Å². The molecule has 2 saturated heterocycles. The van der Waals surface area contributed by atoms with E-state index in [9.17, 15) is 72.5 Å². The monoisotopic (exact) mass is 1870 g/mol. The number of rotatable bonds is 35. The van der Waals surface area contributed by atoms with Crippen LogP contribution in [0.2, 0.25) is 0 Å². The van der Waals surface area contributed by atoms with Crippen LogP contribution in [0.5, 0.6) is 5.75 Å². The van der Waals surface area contributed by atoms with E-state index in [1.165, 1.54) is 54.2 Å². The van der Waals surface area contributed by atoms with E-state index in [0.717, 1.165) is 21.6 Å². The van der Waals surface area contributed by atoms with Gasteiger partial charge in [0.05, 0.1) is 50.5 Å². The van der Waals surface area contributed by atoms with E-state index in [-0.39, 0.29) is 199 Å². The number of nitrogens with zero attached hydrogens (tertiary/aromatic N) is 4. The summed E-state index contributed by atoms with van der Waals surface area (Å²) in [7, 11) is 1.89. The van der Waals surface area contributed by atoms with Gasteiger partial charge in [-0.3, -0.25) is 67.2 Å². The van der Waals surface area contributed by atoms with Crippen molar-refractivity contribution in [3.05, 3.63) is 116 Å². The van der Waals surface area contributed by atoms with E-state index in [0.29, 0.717) is 28.9 Å². The van der Waals surface area contributed by atoms with Crippen molar-refractivity contribution in [1.29, 1.82) is 0 Å². The summed E-state index contributed by atoms with van der Waals surface area (Å²) < 4.78 is 0. The maximum atomic E-state index is 15.5. The number of carboxylic acids is 1. The molecule has 2 aliphatic heterocycles. The third kappa shape index (κ3) is 33.9. The normalized spacial score (nSPS) is 19.1. The second kappa shape index (κ2) is 49.3. The van der Waals surface area contributed by atoms with Crippen LogP contribution in [0.1, 0.15) is 89.2 Å². The van der Waals surface area contributed by atoms with Crippen LogP contribution in [0.4, 0.5) is 0 Å². The minimum Gasteiger partial charge on any atom is -0.508 e. The third-order valence-electron chi connectivity index (χ3n) is 17.8. The van der Waals surface area contributed by atoms with Crippen molar-refractivity contribution < 1.29 is 162 Å². The standard InChI is InChI=1S/C71H99N19O17S2.2Gd/c1-8-41(4)42(5)80-63(99)53(28-47-31-72-38-78-47)84-69(105)56-36-108-109-37-57(71(107)90-22-12-15-58(90)70(106)86-52(27-46-16-18-49(93)19-17-46)66(102)85-55(30-62(97)98)68(104)82-50(25-40(2)3)64(100)87-56)88-67(103)54(29-48-32-73-39-79-48)83-65(101)51(26-45-13-10-9-11-14-45)81-60(95)34-76-59(94)33-77-61(96)35-89(23-20-74-43(6)91)24-21-75-44(7)92;;/h9-11,13-14,16-19,31-32,38-42,50-58,93H,6-8,12,15,20-30,33-37H2,1-5H3,(H,72,78)(H,73,79)(H,74,91)(H,75,92)(H,76,94)(H,77,96)(H,80,99)(H,81,95)(H,82,104)(H,83,101)(H,84,105)(H,85,102)(H,86,106)(H,87,100)(H,88,103)(H,97,98);;/q-2;;/t41?,42-,50+,51+,52+,53+,54+,55+,56+,57+,58?;;/m1../s1. The molecule has 0 aliphatic carbocycles. The quantitative estimate of drug-likeness (QED) is 0.0160. The maximum Gasteiger partial charge on any atom is 0.305 e. The molecule has 0 spiro atoms. The minimum absolute atomic E-state index is 0. The van der Waals surface area contributed by atoms with Crippen LogP contribution in [0.25, 0.3) is 0 Å². The number of H-pyrrole nitrogens is 2. The molecule has 4 aromatic rings. The van der Waals surface area contributed by atoms with Gasteiger partial charge < -0.3 is 118 Å². The number of aromatic hydroxyl groups is 1. The second-order valence-corrected chi connectivity index (χ2v) is 29.4. The van der Waals surface area contributed by atoms with Gasteiger partial charge in [-0.1, -0.05) is 98.2 Å². The largest absolute Gasteiger partial charge is 0.508 e. The van der Waals surface area contributed by atoms with E-state index in [1.807, 2.05) is 20.8 Å². The Kier molecular flexibility index (Phi) is 42.3. The number of nitrogens with one attached hydrogen (secondary N) is 15. The van der Waals surface area contributed by atoms with Crippen LogP contribution in [0, 0.1) is 106 Å². The Morgan fingerprint density at radius 3 is 1.76 bits per heavy atom. The molecule has 0 bridgehead atoms. The topological polar surface area (TPSA) is 517 Å². The van der Waals surface area contributed by atoms with Gasteiger partial charge in [0, 0.05) is 180 Å². The van der Waals surface area contributed by atoms with Crippen molar-refractivity contribution in [3.63, 3.8) is 0 Å². The van der Waals surface area contributed by atoms with E-state index < -0.39 is 163 Å². The molecule has 0 radical (unpaired) electrons. The molecule has 2 aromatic heterocycles. The molecule has 14 amide bonds. The SMILES string of the molecule is [CH2-]C(=O)NCCN(CCNC([CH2-])=O)CC(=O)NCC(=O)NCC(=O)N[C@@H](Cc1ccccc1)C(=O)N[C@@H](Cc1cnc[nH]1)C(=O)N[C@H]1CSSC[C@@H](C(=O)N[C@@H](Cc2cnc[nH]2)C(=O)N[C@H](C)C(C)CC)NC(=O)[C@H](CC(C)C)NC(=O)[C@H](CC(=O)O)NC(=O)[C@H](Cc2ccc(O)cc2)NC(=O)C2CCCN2C1=O.[Gd].[Gd]. The first-order valence-electron chi connectivity index (χ1n) is 35.7. The van der Waals surface area contributed by atoms with Crippen LogP contribution in [-0.2, 0) is 97.6 Å². The van der Waals surface area contributed by atoms with Gasteiger partial charge in [0.15, 0.2) is 0 Å². The number of aliphatic carboxylic acids is 1. The Morgan fingerprint density at radius 2 is 1.17 bits per heavy atom. The summed E-state index contributed by atoms with van der Waals surface area (Å²) in [6, 6.07) is -0.0760. The molecule has 111 heavy (non-hydrogen) atoms. The van der Waals surface area contributed by atoms with Gasteiger partial charge in [-0.2, -0.15) is 0 Å². The van der Waals surface area contributed by atoms with Gasteiger partial charge in [-0.15, -0.1) is 0 Å². The number of phenols is 1. The molecule has 2 unspecified atom stereocenters. The molecule has 2 fully saturated rings. The molecule has 36 nitrogen and oxygen atoms in total. The van der Waals surface area contributed by atoms with Gasteiger partial charge in [0.2, 0.25) is 70.9 Å². The molecule has 40 heteroatoms. The Morgan fingerprint density at radius 1 is 0.622 bits per heavy atom. The zero-order valence-corrected chi connectivity index (χ0v) is 68.3. The molecule has 17 N–H and O–H groups in total. The summed E-state index contributed by atoms with van der Waals surface area (Å²) in [5.41, 5.74) is 1.71. The summed E-state index contributed by atoms with van der Waals surface area (Å²) in [6.45, 7) is 14.6. The van der Waals surface area contributed by atoms with Crippen molar-refractivity contribution >= 4 is 110 Å². The molecule has 2 aromatic carbocycles. The summed E-state index contributed by atoms with van der Waals surface area (Å²) >= 11 is 0. The first-order valence-corrected chi connectivity index (χ1v) is 38.1. The molecule has 0 saturated carbocycles. The zero-order valence-electron chi connectivity index (χ0n) is 62.1. The first kappa shape index (κ1) is 95.1. The maximum absolute atomic E-state index is 15.5. The summed E-state index contributed by atoms with van der Waals surface area (Å²) in [4.78, 5) is 225. The smallest absolute Gasteiger partial charge is 0.305 e. The van der Waals surface area contributed by atoms with Crippen molar-refractivity contribution in [2.45, 2.75) is 153 Å². The summed E-state index contributed by atoms with van der Waals surface area (Å²) in [5.74, 6) is -14.2. The Balaban J connectivity index is 0.0000130. The average molecular weight is 1870 g/mol.